The highest BCUT2D eigenvalue weighted by atomic mass is 32.2. The summed E-state index contributed by atoms with van der Waals surface area (Å²) in [6, 6.07) is 0.182. The number of hydrogen-bond donors (Lipinski definition) is 1. The number of nitrogens with two attached hydrogens (primary N) is 1. The molecular formula is C16H21N5O2S2. The normalized spacial score (nSPS) is 25.6. The van der Waals surface area contributed by atoms with E-state index >= 15 is 0 Å². The maximum atomic E-state index is 13.1. The predicted molar refractivity (Wildman–Crippen MR) is 102 cm³/mol. The molecule has 9 heteroatoms. The zero-order valence-corrected chi connectivity index (χ0v) is 16.1. The summed E-state index contributed by atoms with van der Waals surface area (Å²) in [4.78, 5) is 16.2. The molecule has 1 amide bonds. The first-order valence-corrected chi connectivity index (χ1v) is 11.0. The van der Waals surface area contributed by atoms with Crippen molar-refractivity contribution in [1.29, 1.82) is 0 Å². The van der Waals surface area contributed by atoms with E-state index < -0.39 is 9.71 Å². The number of aryl methyl sites for hydroxylation is 2. The Bertz CT molecular complexity index is 998. The van der Waals surface area contributed by atoms with E-state index in [-0.39, 0.29) is 18.0 Å². The number of nitrogens with zero attached hydrogens (tertiary/aromatic N) is 4. The van der Waals surface area contributed by atoms with Gasteiger partial charge < -0.3 is 10.6 Å². The number of fused-ring (bicyclic) bond motifs is 3. The Morgan fingerprint density at radius 3 is 2.64 bits per heavy atom. The van der Waals surface area contributed by atoms with Gasteiger partial charge in [0.15, 0.2) is 0 Å². The average molecular weight is 380 g/mol. The molecule has 0 spiro atoms. The number of carbonyl (C=O) groups is 1. The van der Waals surface area contributed by atoms with Crippen molar-refractivity contribution < 1.29 is 9.00 Å². The van der Waals surface area contributed by atoms with Gasteiger partial charge in [0.05, 0.1) is 11.4 Å². The summed E-state index contributed by atoms with van der Waals surface area (Å²) >= 11 is 1.30. The van der Waals surface area contributed by atoms with Crippen LogP contribution in [0.1, 0.15) is 27.3 Å². The van der Waals surface area contributed by atoms with E-state index in [1.165, 1.54) is 11.3 Å². The Hall–Kier alpha value is -1.71. The van der Waals surface area contributed by atoms with E-state index in [4.69, 9.17) is 5.73 Å². The van der Waals surface area contributed by atoms with Crippen molar-refractivity contribution in [2.45, 2.75) is 32.4 Å². The number of likely N-dealkylation sites (tertiary alicyclic amines) is 1. The molecule has 0 radical (unpaired) electrons. The summed E-state index contributed by atoms with van der Waals surface area (Å²) < 4.78 is 14.2. The van der Waals surface area contributed by atoms with Crippen LogP contribution >= 0.6 is 11.3 Å². The highest BCUT2D eigenvalue weighted by Crippen LogP contribution is 2.39. The van der Waals surface area contributed by atoms with Crippen LogP contribution in [0.2, 0.25) is 0 Å². The maximum Gasteiger partial charge on any atom is 0.266 e. The van der Waals surface area contributed by atoms with Gasteiger partial charge in [0, 0.05) is 46.5 Å². The molecule has 2 N–H and O–H groups in total. The number of nitrogen functional groups attached to an aromatic ring is 1. The lowest BCUT2D eigenvalue weighted by molar-refractivity contribution is 0.0690. The van der Waals surface area contributed by atoms with Gasteiger partial charge in [0.2, 0.25) is 0 Å². The number of thiophene rings is 1. The second-order valence-corrected chi connectivity index (χ2v) is 10.4. The van der Waals surface area contributed by atoms with Crippen LogP contribution < -0.4 is 5.73 Å². The quantitative estimate of drug-likeness (QED) is 0.788. The molecule has 2 bridgehead atoms. The summed E-state index contributed by atoms with van der Waals surface area (Å²) in [5.74, 6) is 3.72. The minimum absolute atomic E-state index is 0.0589. The lowest BCUT2D eigenvalue weighted by Crippen LogP contribution is -2.50. The molecule has 7 nitrogen and oxygen atoms in total. The Kier molecular flexibility index (Phi) is 3.61. The molecule has 2 fully saturated rings. The van der Waals surface area contributed by atoms with Crippen LogP contribution in [0.15, 0.2) is 0 Å². The third-order valence-corrected chi connectivity index (χ3v) is 7.79. The molecule has 2 aromatic rings. The molecule has 2 aromatic heterocycles. The molecule has 2 saturated heterocycles. The Balaban J connectivity index is 1.67. The van der Waals surface area contributed by atoms with Crippen molar-refractivity contribution in [3.8, 4) is 0 Å². The van der Waals surface area contributed by atoms with Crippen LogP contribution in [-0.2, 0) is 9.71 Å². The minimum atomic E-state index is -2.23. The Morgan fingerprint density at radius 1 is 1.32 bits per heavy atom. The molecule has 134 valence electrons. The predicted octanol–water partition coefficient (Wildman–Crippen LogP) is 1.05. The van der Waals surface area contributed by atoms with Crippen LogP contribution in [0.25, 0.3) is 10.2 Å². The minimum Gasteiger partial charge on any atom is -0.397 e. The Morgan fingerprint density at radius 2 is 2.04 bits per heavy atom. The first-order chi connectivity index (χ1) is 11.7. The van der Waals surface area contributed by atoms with Crippen LogP contribution in [0, 0.1) is 13.8 Å². The van der Waals surface area contributed by atoms with Crippen molar-refractivity contribution in [2.75, 3.05) is 25.1 Å². The molecule has 3 atom stereocenters. The number of hydrogen-bond acceptors (Lipinski definition) is 6. The summed E-state index contributed by atoms with van der Waals surface area (Å²) in [6.45, 7) is 5.01. The first-order valence-electron chi connectivity index (χ1n) is 8.10. The van der Waals surface area contributed by atoms with Gasteiger partial charge in [0.1, 0.15) is 9.71 Å². The van der Waals surface area contributed by atoms with E-state index in [2.05, 4.69) is 16.1 Å². The molecule has 0 saturated carbocycles. The van der Waals surface area contributed by atoms with E-state index in [1.807, 2.05) is 23.1 Å². The summed E-state index contributed by atoms with van der Waals surface area (Å²) in [7, 11) is -2.23. The van der Waals surface area contributed by atoms with E-state index in [9.17, 15) is 9.00 Å². The number of carbonyl (C=O) groups excluding carboxylic acids is 1. The number of aromatic nitrogens is 2. The maximum absolute atomic E-state index is 13.1. The molecule has 4 heterocycles. The summed E-state index contributed by atoms with van der Waals surface area (Å²) in [5, 5.41) is 9.15. The number of amides is 1. The van der Waals surface area contributed by atoms with Gasteiger partial charge in [-0.3, -0.25) is 9.00 Å². The van der Waals surface area contributed by atoms with Gasteiger partial charge >= 0.3 is 0 Å². The van der Waals surface area contributed by atoms with Crippen molar-refractivity contribution in [3.63, 3.8) is 0 Å². The fourth-order valence-electron chi connectivity index (χ4n) is 3.88. The number of piperazine rings is 1. The van der Waals surface area contributed by atoms with Gasteiger partial charge in [-0.1, -0.05) is 0 Å². The zero-order valence-electron chi connectivity index (χ0n) is 14.5. The third kappa shape index (κ3) is 2.44. The molecule has 0 aromatic carbocycles. The molecular weight excluding hydrogens is 358 g/mol. The second-order valence-electron chi connectivity index (χ2n) is 7.00. The SMILES string of the molecule is C=S(C)(=O)N1C[C@H]2C[C@H]1CN2C(=O)c1sc2nnc(C)c(C)c2c1N. The highest BCUT2D eigenvalue weighted by molar-refractivity contribution is 7.97. The van der Waals surface area contributed by atoms with Gasteiger partial charge in [-0.15, -0.1) is 16.4 Å². The van der Waals surface area contributed by atoms with Crippen molar-refractivity contribution in [2.24, 2.45) is 0 Å². The van der Waals surface area contributed by atoms with Crippen LogP contribution in [-0.4, -0.2) is 66.8 Å². The van der Waals surface area contributed by atoms with E-state index in [0.29, 0.717) is 28.5 Å². The van der Waals surface area contributed by atoms with E-state index in [1.54, 1.807) is 6.26 Å². The zero-order chi connectivity index (χ0) is 18.1. The lowest BCUT2D eigenvalue weighted by atomic mass is 10.1. The third-order valence-electron chi connectivity index (χ3n) is 5.28. The fourth-order valence-corrected chi connectivity index (χ4v) is 6.21. The number of rotatable bonds is 2. The van der Waals surface area contributed by atoms with Gasteiger partial charge in [-0.05, 0) is 31.7 Å². The van der Waals surface area contributed by atoms with Crippen LogP contribution in [0.5, 0.6) is 0 Å². The smallest absolute Gasteiger partial charge is 0.266 e. The molecule has 2 aliphatic heterocycles. The van der Waals surface area contributed by atoms with Crippen molar-refractivity contribution in [1.82, 2.24) is 19.4 Å². The number of anilines is 1. The molecule has 4 rings (SSSR count). The summed E-state index contributed by atoms with van der Waals surface area (Å²) in [5.41, 5.74) is 8.58. The molecule has 1 unspecified atom stereocenters. The van der Waals surface area contributed by atoms with Crippen molar-refractivity contribution in [3.05, 3.63) is 16.1 Å². The molecule has 0 aliphatic carbocycles. The van der Waals surface area contributed by atoms with Crippen LogP contribution in [0.4, 0.5) is 5.69 Å². The lowest BCUT2D eigenvalue weighted by Gasteiger charge is -2.34. The van der Waals surface area contributed by atoms with Gasteiger partial charge in [-0.25, -0.2) is 4.31 Å². The monoisotopic (exact) mass is 379 g/mol. The summed E-state index contributed by atoms with van der Waals surface area (Å²) in [6.07, 6.45) is 2.50. The largest absolute Gasteiger partial charge is 0.397 e. The van der Waals surface area contributed by atoms with E-state index in [0.717, 1.165) is 23.1 Å². The highest BCUT2D eigenvalue weighted by Gasteiger charge is 2.47. The van der Waals surface area contributed by atoms with Crippen molar-refractivity contribution >= 4 is 48.7 Å². The Labute approximate surface area is 151 Å². The standard InChI is InChI=1S/C16H21N5O2S2/c1-8-9(2)18-19-15-12(8)13(17)14(24-15)16(22)20-6-11-5-10(20)7-21(11)25(3,4)23/h10-11H,3,5-7,17H2,1-2,4H3/t10-,11+,25?/m1/s1. The topological polar surface area (TPSA) is 92.4 Å². The van der Waals surface area contributed by atoms with Gasteiger partial charge in [-0.2, -0.15) is 5.10 Å². The van der Waals surface area contributed by atoms with Gasteiger partial charge in [0.25, 0.3) is 5.91 Å². The van der Waals surface area contributed by atoms with Crippen LogP contribution in [0.3, 0.4) is 0 Å². The fraction of sp³-hybridized carbons (Fsp3) is 0.500. The molecule has 25 heavy (non-hydrogen) atoms. The molecule has 2 aliphatic rings. The second kappa shape index (κ2) is 5.39. The first kappa shape index (κ1) is 16.7. The average Bonchev–Trinajstić information content (AvgIpc) is 3.22.